The number of ether oxygens (including phenoxy) is 1. The molecule has 0 saturated heterocycles. The van der Waals surface area contributed by atoms with Crippen LogP contribution in [0, 0.1) is 11.3 Å². The minimum atomic E-state index is 0.353. The summed E-state index contributed by atoms with van der Waals surface area (Å²) in [5.74, 6) is 1.53. The molecule has 2 atom stereocenters. The van der Waals surface area contributed by atoms with Gasteiger partial charge in [-0.3, -0.25) is 0 Å². The second kappa shape index (κ2) is 6.80. The monoisotopic (exact) mass is 290 g/mol. The van der Waals surface area contributed by atoms with Gasteiger partial charge < -0.3 is 15.4 Å². The van der Waals surface area contributed by atoms with Crippen molar-refractivity contribution in [2.45, 2.75) is 45.7 Å². The fraction of sp³-hybridized carbons (Fsp3) is 0.667. The average Bonchev–Trinajstić information content (AvgIpc) is 2.43. The van der Waals surface area contributed by atoms with E-state index in [9.17, 15) is 0 Å². The number of nitrogens with zero attached hydrogens (tertiary/aromatic N) is 1. The van der Waals surface area contributed by atoms with Gasteiger partial charge in [0.25, 0.3) is 0 Å². The SMILES string of the molecule is COc1cccc(CN(C)CC2CC(C)(C)CCC2N)c1. The third kappa shape index (κ3) is 4.72. The van der Waals surface area contributed by atoms with E-state index in [1.54, 1.807) is 7.11 Å². The van der Waals surface area contributed by atoms with Gasteiger partial charge in [0.1, 0.15) is 5.75 Å². The Morgan fingerprint density at radius 2 is 2.14 bits per heavy atom. The molecule has 0 bridgehead atoms. The van der Waals surface area contributed by atoms with Crippen molar-refractivity contribution in [1.82, 2.24) is 4.90 Å². The lowest BCUT2D eigenvalue weighted by Gasteiger charge is -2.40. The van der Waals surface area contributed by atoms with E-state index in [1.165, 1.54) is 18.4 Å². The van der Waals surface area contributed by atoms with Gasteiger partial charge in [0, 0.05) is 19.1 Å². The lowest BCUT2D eigenvalue weighted by Crippen LogP contribution is -2.44. The first-order valence-electron chi connectivity index (χ1n) is 7.97. The topological polar surface area (TPSA) is 38.5 Å². The molecule has 21 heavy (non-hydrogen) atoms. The van der Waals surface area contributed by atoms with Crippen molar-refractivity contribution in [2.75, 3.05) is 20.7 Å². The molecule has 2 unspecified atom stereocenters. The lowest BCUT2D eigenvalue weighted by molar-refractivity contribution is 0.122. The highest BCUT2D eigenvalue weighted by Crippen LogP contribution is 2.38. The third-order valence-corrected chi connectivity index (χ3v) is 4.71. The molecule has 1 aliphatic rings. The summed E-state index contributed by atoms with van der Waals surface area (Å²) in [7, 11) is 3.90. The fourth-order valence-electron chi connectivity index (χ4n) is 3.50. The largest absolute Gasteiger partial charge is 0.497 e. The van der Waals surface area contributed by atoms with Crippen LogP contribution in [0.15, 0.2) is 24.3 Å². The highest BCUT2D eigenvalue weighted by molar-refractivity contribution is 5.28. The van der Waals surface area contributed by atoms with Crippen LogP contribution in [-0.2, 0) is 6.54 Å². The van der Waals surface area contributed by atoms with Crippen molar-refractivity contribution in [3.63, 3.8) is 0 Å². The van der Waals surface area contributed by atoms with Crippen LogP contribution in [0.3, 0.4) is 0 Å². The van der Waals surface area contributed by atoms with E-state index in [1.807, 2.05) is 6.07 Å². The molecule has 0 aromatic heterocycles. The van der Waals surface area contributed by atoms with Crippen molar-refractivity contribution in [2.24, 2.45) is 17.1 Å². The van der Waals surface area contributed by atoms with Crippen molar-refractivity contribution in [3.8, 4) is 5.75 Å². The molecule has 0 heterocycles. The van der Waals surface area contributed by atoms with Crippen LogP contribution in [0.25, 0.3) is 0 Å². The third-order valence-electron chi connectivity index (χ3n) is 4.71. The zero-order valence-electron chi connectivity index (χ0n) is 13.9. The number of rotatable bonds is 5. The van der Waals surface area contributed by atoms with Gasteiger partial charge in [0.05, 0.1) is 7.11 Å². The van der Waals surface area contributed by atoms with E-state index < -0.39 is 0 Å². The van der Waals surface area contributed by atoms with Gasteiger partial charge in [-0.2, -0.15) is 0 Å². The zero-order valence-corrected chi connectivity index (χ0v) is 13.9. The molecule has 1 aromatic carbocycles. The van der Waals surface area contributed by atoms with Crippen molar-refractivity contribution in [1.29, 1.82) is 0 Å². The molecular weight excluding hydrogens is 260 g/mol. The quantitative estimate of drug-likeness (QED) is 0.904. The number of nitrogens with two attached hydrogens (primary N) is 1. The standard InChI is InChI=1S/C18H30N2O/c1-18(2)9-8-17(19)15(11-18)13-20(3)12-14-6-5-7-16(10-14)21-4/h5-7,10,15,17H,8-9,11-13,19H2,1-4H3. The molecule has 0 spiro atoms. The van der Waals surface area contributed by atoms with Crippen LogP contribution in [0.5, 0.6) is 5.75 Å². The van der Waals surface area contributed by atoms with Gasteiger partial charge in [0.15, 0.2) is 0 Å². The summed E-state index contributed by atoms with van der Waals surface area (Å²) in [6, 6.07) is 8.66. The molecule has 3 heteroatoms. The molecule has 3 nitrogen and oxygen atoms in total. The number of hydrogen-bond acceptors (Lipinski definition) is 3. The number of hydrogen-bond donors (Lipinski definition) is 1. The Bertz CT molecular complexity index is 458. The summed E-state index contributed by atoms with van der Waals surface area (Å²) in [6.07, 6.45) is 3.64. The summed E-state index contributed by atoms with van der Waals surface area (Å²) < 4.78 is 5.29. The predicted octanol–water partition coefficient (Wildman–Crippen LogP) is 3.28. The van der Waals surface area contributed by atoms with Gasteiger partial charge in [-0.05, 0) is 55.3 Å². The summed E-state index contributed by atoms with van der Waals surface area (Å²) >= 11 is 0. The van der Waals surface area contributed by atoms with E-state index in [-0.39, 0.29) is 0 Å². The van der Waals surface area contributed by atoms with Crippen LogP contribution >= 0.6 is 0 Å². The fourth-order valence-corrected chi connectivity index (χ4v) is 3.50. The van der Waals surface area contributed by atoms with E-state index in [2.05, 4.69) is 44.0 Å². The first-order chi connectivity index (χ1) is 9.89. The second-order valence-electron chi connectivity index (χ2n) is 7.38. The van der Waals surface area contributed by atoms with E-state index in [0.717, 1.165) is 25.3 Å². The summed E-state index contributed by atoms with van der Waals surface area (Å²) in [5.41, 5.74) is 8.07. The molecule has 1 fully saturated rings. The second-order valence-corrected chi connectivity index (χ2v) is 7.38. The molecule has 2 rings (SSSR count). The Balaban J connectivity index is 1.92. The Labute approximate surface area is 129 Å². The molecule has 0 amide bonds. The van der Waals surface area contributed by atoms with Crippen LogP contribution in [0.4, 0.5) is 0 Å². The highest BCUT2D eigenvalue weighted by Gasteiger charge is 2.33. The van der Waals surface area contributed by atoms with Gasteiger partial charge in [-0.1, -0.05) is 26.0 Å². The molecule has 0 radical (unpaired) electrons. The molecule has 118 valence electrons. The van der Waals surface area contributed by atoms with Gasteiger partial charge in [-0.15, -0.1) is 0 Å². The molecule has 2 N–H and O–H groups in total. The van der Waals surface area contributed by atoms with Gasteiger partial charge >= 0.3 is 0 Å². The maximum atomic E-state index is 6.34. The van der Waals surface area contributed by atoms with Crippen LogP contribution in [0.2, 0.25) is 0 Å². The predicted molar refractivity (Wildman–Crippen MR) is 88.4 cm³/mol. The highest BCUT2D eigenvalue weighted by atomic mass is 16.5. The summed E-state index contributed by atoms with van der Waals surface area (Å²) in [6.45, 7) is 6.75. The molecule has 1 aromatic rings. The van der Waals surface area contributed by atoms with Gasteiger partial charge in [-0.25, -0.2) is 0 Å². The molecule has 1 aliphatic carbocycles. The summed E-state index contributed by atoms with van der Waals surface area (Å²) in [5, 5.41) is 0. The first kappa shape index (κ1) is 16.3. The van der Waals surface area contributed by atoms with Crippen molar-refractivity contribution >= 4 is 0 Å². The van der Waals surface area contributed by atoms with Crippen LogP contribution < -0.4 is 10.5 Å². The Hall–Kier alpha value is -1.06. The smallest absolute Gasteiger partial charge is 0.119 e. The first-order valence-corrected chi connectivity index (χ1v) is 7.97. The van der Waals surface area contributed by atoms with E-state index >= 15 is 0 Å². The van der Waals surface area contributed by atoms with Crippen molar-refractivity contribution < 1.29 is 4.74 Å². The van der Waals surface area contributed by atoms with Gasteiger partial charge in [0.2, 0.25) is 0 Å². The zero-order chi connectivity index (χ0) is 15.5. The Morgan fingerprint density at radius 3 is 2.86 bits per heavy atom. The number of methoxy groups -OCH3 is 1. The normalized spacial score (nSPS) is 25.0. The van der Waals surface area contributed by atoms with Crippen LogP contribution in [0.1, 0.15) is 38.7 Å². The average molecular weight is 290 g/mol. The summed E-state index contributed by atoms with van der Waals surface area (Å²) in [4.78, 5) is 2.39. The van der Waals surface area contributed by atoms with E-state index in [4.69, 9.17) is 10.5 Å². The van der Waals surface area contributed by atoms with Crippen LogP contribution in [-0.4, -0.2) is 31.6 Å². The number of benzene rings is 1. The van der Waals surface area contributed by atoms with E-state index in [0.29, 0.717) is 17.4 Å². The molecule has 0 aliphatic heterocycles. The van der Waals surface area contributed by atoms with Crippen molar-refractivity contribution in [3.05, 3.63) is 29.8 Å². The molecule has 1 saturated carbocycles. The maximum absolute atomic E-state index is 6.34. The lowest BCUT2D eigenvalue weighted by atomic mass is 9.70. The Morgan fingerprint density at radius 1 is 1.38 bits per heavy atom. The minimum Gasteiger partial charge on any atom is -0.497 e. The maximum Gasteiger partial charge on any atom is 0.119 e. The Kier molecular flexibility index (Phi) is 5.28. The molecular formula is C18H30N2O. The minimum absolute atomic E-state index is 0.353.